The van der Waals surface area contributed by atoms with E-state index in [1.54, 1.807) is 0 Å². The molecule has 2 heterocycles. The molecule has 4 nitrogen and oxygen atoms in total. The number of nitrogens with zero attached hydrogens (tertiary/aromatic N) is 2. The number of thiazole rings is 1. The first-order valence-electron chi connectivity index (χ1n) is 5.03. The number of carbonyl (C=O) groups is 2. The molecule has 0 aromatic carbocycles. The van der Waals surface area contributed by atoms with Crippen molar-refractivity contribution >= 4 is 34.8 Å². The molecule has 0 saturated carbocycles. The second-order valence-corrected chi connectivity index (χ2v) is 4.77. The smallest absolute Gasteiger partial charge is 0.229 e. The third-order valence-electron chi connectivity index (χ3n) is 2.44. The monoisotopic (exact) mass is 258 g/mol. The van der Waals surface area contributed by atoms with Gasteiger partial charge in [0.25, 0.3) is 0 Å². The van der Waals surface area contributed by atoms with Crippen LogP contribution in [0.25, 0.3) is 0 Å². The fraction of sp³-hybridized carbons (Fsp3) is 0.500. The SMILES string of the molecule is O=C1CCC(=O)N1CCc1nc(CCl)cs1. The van der Waals surface area contributed by atoms with E-state index in [4.69, 9.17) is 11.6 Å². The third kappa shape index (κ3) is 2.41. The van der Waals surface area contributed by atoms with Crippen molar-refractivity contribution in [2.45, 2.75) is 25.1 Å². The summed E-state index contributed by atoms with van der Waals surface area (Å²) in [5, 5.41) is 2.82. The summed E-state index contributed by atoms with van der Waals surface area (Å²) in [4.78, 5) is 28.3. The Hall–Kier alpha value is -0.940. The number of imide groups is 1. The van der Waals surface area contributed by atoms with Crippen LogP contribution < -0.4 is 0 Å². The van der Waals surface area contributed by atoms with Crippen molar-refractivity contribution in [2.75, 3.05) is 6.54 Å². The van der Waals surface area contributed by atoms with Crippen LogP contribution in [0.3, 0.4) is 0 Å². The molecule has 1 aliphatic rings. The van der Waals surface area contributed by atoms with E-state index in [1.165, 1.54) is 16.2 Å². The Balaban J connectivity index is 1.91. The summed E-state index contributed by atoms with van der Waals surface area (Å²) in [6.45, 7) is 0.437. The van der Waals surface area contributed by atoms with Gasteiger partial charge in [-0.1, -0.05) is 0 Å². The van der Waals surface area contributed by atoms with E-state index in [9.17, 15) is 9.59 Å². The van der Waals surface area contributed by atoms with Crippen molar-refractivity contribution in [3.63, 3.8) is 0 Å². The third-order valence-corrected chi connectivity index (χ3v) is 3.67. The van der Waals surface area contributed by atoms with Gasteiger partial charge in [-0.3, -0.25) is 14.5 Å². The van der Waals surface area contributed by atoms with Gasteiger partial charge in [0.05, 0.1) is 16.6 Å². The molecule has 0 bridgehead atoms. The van der Waals surface area contributed by atoms with Gasteiger partial charge >= 0.3 is 0 Å². The molecule has 0 atom stereocenters. The maximum atomic E-state index is 11.3. The highest BCUT2D eigenvalue weighted by atomic mass is 35.5. The van der Waals surface area contributed by atoms with Gasteiger partial charge in [0, 0.05) is 31.2 Å². The highest BCUT2D eigenvalue weighted by molar-refractivity contribution is 7.09. The summed E-state index contributed by atoms with van der Waals surface area (Å²) >= 11 is 7.15. The molecular formula is C10H11ClN2O2S. The number of alkyl halides is 1. The molecule has 1 saturated heterocycles. The van der Waals surface area contributed by atoms with E-state index >= 15 is 0 Å². The normalized spacial score (nSPS) is 16.2. The van der Waals surface area contributed by atoms with Crippen LogP contribution in [0.1, 0.15) is 23.5 Å². The summed E-state index contributed by atoms with van der Waals surface area (Å²) in [5.74, 6) is 0.260. The number of rotatable bonds is 4. The molecule has 1 aromatic rings. The second-order valence-electron chi connectivity index (χ2n) is 3.56. The van der Waals surface area contributed by atoms with E-state index < -0.39 is 0 Å². The summed E-state index contributed by atoms with van der Waals surface area (Å²) < 4.78 is 0. The quantitative estimate of drug-likeness (QED) is 0.609. The number of halogens is 1. The molecule has 1 aliphatic heterocycles. The van der Waals surface area contributed by atoms with E-state index in [0.29, 0.717) is 31.7 Å². The fourth-order valence-corrected chi connectivity index (χ4v) is 2.62. The van der Waals surface area contributed by atoms with Gasteiger partial charge in [-0.15, -0.1) is 22.9 Å². The maximum absolute atomic E-state index is 11.3. The van der Waals surface area contributed by atoms with Crippen LogP contribution in [0.2, 0.25) is 0 Å². The maximum Gasteiger partial charge on any atom is 0.229 e. The Bertz CT molecular complexity index is 403. The molecule has 2 amide bonds. The average Bonchev–Trinajstić information content (AvgIpc) is 2.85. The lowest BCUT2D eigenvalue weighted by molar-refractivity contribution is -0.138. The molecule has 6 heteroatoms. The highest BCUT2D eigenvalue weighted by Crippen LogP contribution is 2.15. The van der Waals surface area contributed by atoms with Gasteiger partial charge in [-0.05, 0) is 0 Å². The molecule has 0 N–H and O–H groups in total. The van der Waals surface area contributed by atoms with Crippen LogP contribution in [-0.4, -0.2) is 28.2 Å². The number of hydrogen-bond acceptors (Lipinski definition) is 4. The first-order valence-corrected chi connectivity index (χ1v) is 6.44. The molecule has 1 fully saturated rings. The minimum Gasteiger partial charge on any atom is -0.282 e. The van der Waals surface area contributed by atoms with Gasteiger partial charge in [-0.25, -0.2) is 4.98 Å². The average molecular weight is 259 g/mol. The van der Waals surface area contributed by atoms with Crippen molar-refractivity contribution in [3.05, 3.63) is 16.1 Å². The van der Waals surface area contributed by atoms with Crippen molar-refractivity contribution in [3.8, 4) is 0 Å². The lowest BCUT2D eigenvalue weighted by atomic mass is 10.4. The van der Waals surface area contributed by atoms with Crippen LogP contribution in [0.5, 0.6) is 0 Å². The second kappa shape index (κ2) is 4.93. The van der Waals surface area contributed by atoms with Crippen LogP contribution in [0, 0.1) is 0 Å². The van der Waals surface area contributed by atoms with E-state index in [-0.39, 0.29) is 11.8 Å². The molecule has 2 rings (SSSR count). The Morgan fingerprint density at radius 2 is 2.06 bits per heavy atom. The Morgan fingerprint density at radius 1 is 1.38 bits per heavy atom. The van der Waals surface area contributed by atoms with Crippen LogP contribution in [-0.2, 0) is 21.9 Å². The fourth-order valence-electron chi connectivity index (χ4n) is 1.60. The molecular weight excluding hydrogens is 248 g/mol. The van der Waals surface area contributed by atoms with Crippen LogP contribution in [0.4, 0.5) is 0 Å². The molecule has 0 radical (unpaired) electrons. The number of hydrogen-bond donors (Lipinski definition) is 0. The minimum atomic E-state index is -0.0703. The van der Waals surface area contributed by atoms with Crippen LogP contribution in [0.15, 0.2) is 5.38 Å². The van der Waals surface area contributed by atoms with Gasteiger partial charge in [-0.2, -0.15) is 0 Å². The van der Waals surface area contributed by atoms with Gasteiger partial charge in [0.2, 0.25) is 11.8 Å². The first-order chi connectivity index (χ1) is 7.70. The molecule has 1 aromatic heterocycles. The van der Waals surface area contributed by atoms with Crippen LogP contribution >= 0.6 is 22.9 Å². The van der Waals surface area contributed by atoms with Crippen molar-refractivity contribution in [1.29, 1.82) is 0 Å². The molecule has 16 heavy (non-hydrogen) atoms. The number of likely N-dealkylation sites (tertiary alicyclic amines) is 1. The summed E-state index contributed by atoms with van der Waals surface area (Å²) in [5.41, 5.74) is 0.848. The van der Waals surface area contributed by atoms with Gasteiger partial charge in [0.1, 0.15) is 0 Å². The molecule has 0 unspecified atom stereocenters. The van der Waals surface area contributed by atoms with Gasteiger partial charge < -0.3 is 0 Å². The highest BCUT2D eigenvalue weighted by Gasteiger charge is 2.28. The van der Waals surface area contributed by atoms with Gasteiger partial charge in [0.15, 0.2) is 0 Å². The van der Waals surface area contributed by atoms with Crippen molar-refractivity contribution in [1.82, 2.24) is 9.88 Å². The zero-order valence-corrected chi connectivity index (χ0v) is 10.2. The van der Waals surface area contributed by atoms with E-state index in [0.717, 1.165) is 10.7 Å². The Morgan fingerprint density at radius 3 is 2.62 bits per heavy atom. The topological polar surface area (TPSA) is 50.3 Å². The Kier molecular flexibility index (Phi) is 3.56. The number of carbonyl (C=O) groups excluding carboxylic acids is 2. The zero-order chi connectivity index (χ0) is 11.5. The number of aromatic nitrogens is 1. The molecule has 0 aliphatic carbocycles. The largest absolute Gasteiger partial charge is 0.282 e. The molecule has 86 valence electrons. The first kappa shape index (κ1) is 11.5. The predicted octanol–water partition coefficient (Wildman–Crippen LogP) is 1.57. The number of amides is 2. The summed E-state index contributed by atoms with van der Waals surface area (Å²) in [7, 11) is 0. The summed E-state index contributed by atoms with van der Waals surface area (Å²) in [6.07, 6.45) is 1.33. The lowest BCUT2D eigenvalue weighted by Crippen LogP contribution is -2.31. The van der Waals surface area contributed by atoms with Crippen molar-refractivity contribution in [2.24, 2.45) is 0 Å². The Labute approximate surface area is 102 Å². The summed E-state index contributed by atoms with van der Waals surface area (Å²) in [6, 6.07) is 0. The van der Waals surface area contributed by atoms with E-state index in [1.807, 2.05) is 5.38 Å². The van der Waals surface area contributed by atoms with E-state index in [2.05, 4.69) is 4.98 Å². The molecule has 0 spiro atoms. The zero-order valence-electron chi connectivity index (χ0n) is 8.61. The minimum absolute atomic E-state index is 0.0703. The lowest BCUT2D eigenvalue weighted by Gasteiger charge is -2.11. The van der Waals surface area contributed by atoms with Crippen molar-refractivity contribution < 1.29 is 9.59 Å². The standard InChI is InChI=1S/C10H11ClN2O2S/c11-5-7-6-16-8(12-7)3-4-13-9(14)1-2-10(13)15/h6H,1-5H2. The predicted molar refractivity (Wildman–Crippen MR) is 61.3 cm³/mol.